The molecule has 0 bridgehead atoms. The molecule has 12 heteroatoms. The van der Waals surface area contributed by atoms with E-state index in [2.05, 4.69) is 322 Å². The predicted molar refractivity (Wildman–Crippen MR) is 464 cm³/mol. The molecule has 0 aliphatic heterocycles. The summed E-state index contributed by atoms with van der Waals surface area (Å²) in [5, 5.41) is 43.1. The van der Waals surface area contributed by atoms with Crippen molar-refractivity contribution in [3.8, 4) is 124 Å². The molecule has 0 amide bonds. The molecule has 532 valence electrons. The number of aromatic nitrogens is 8. The molecule has 0 atom stereocenters. The Hall–Kier alpha value is -14.1. The topological polar surface area (TPSA) is 112 Å². The summed E-state index contributed by atoms with van der Waals surface area (Å²) in [7, 11) is -1.53. The van der Waals surface area contributed by atoms with E-state index in [9.17, 15) is 10.0 Å². The minimum Gasteiger partial charge on any atom is -0.423 e. The molecule has 0 fully saturated rings. The number of benzene rings is 16. The van der Waals surface area contributed by atoms with E-state index in [-0.39, 0.29) is 0 Å². The first kappa shape index (κ1) is 69.6. The van der Waals surface area contributed by atoms with Gasteiger partial charge < -0.3 is 19.2 Å². The highest BCUT2D eigenvalue weighted by molar-refractivity contribution is 9.10. The van der Waals surface area contributed by atoms with Crippen LogP contribution in [0.25, 0.3) is 168 Å². The Labute approximate surface area is 657 Å². The molecule has 2 N–H and O–H groups in total. The average Bonchev–Trinajstić information content (AvgIpc) is 1.62. The number of para-hydroxylation sites is 6. The minimum atomic E-state index is -1.53. The predicted octanol–water partition coefficient (Wildman–Crippen LogP) is 23.9. The number of rotatable bonds is 14. The monoisotopic (exact) mass is 1500 g/mol. The lowest BCUT2D eigenvalue weighted by molar-refractivity contribution is 0.426. The van der Waals surface area contributed by atoms with Crippen LogP contribution in [0.4, 0.5) is 0 Å². The van der Waals surface area contributed by atoms with E-state index in [0.717, 1.165) is 101 Å². The van der Waals surface area contributed by atoms with Crippen LogP contribution in [0.15, 0.2) is 417 Å². The summed E-state index contributed by atoms with van der Waals surface area (Å²) in [5.41, 5.74) is 24.6. The Morgan fingerprint density at radius 1 is 0.196 bits per heavy atom. The molecule has 10 nitrogen and oxygen atoms in total. The number of nitrogens with zero attached hydrogens (tertiary/aromatic N) is 8. The van der Waals surface area contributed by atoms with Crippen LogP contribution < -0.4 is 5.46 Å². The van der Waals surface area contributed by atoms with Gasteiger partial charge in [0.2, 0.25) is 0 Å². The SMILES string of the molecule is Brc1ccc(-c2nnc(-c3ccccc3)n2-c2ccccc2)cc1.OB(O)c1ccccc1-c1ccccc1-c1ccc(-n2c3ccccc3c3ccccc32)cc1.c1ccc(-c2nnc(-c3ccc(-c4ccccc4-c4ccccc4-c4ccc(-n5c6ccccc6c6ccccc65)cc4)cc3)n2-c2ccccc2)cc1. The van der Waals surface area contributed by atoms with Gasteiger partial charge in [-0.25, -0.2) is 0 Å². The molecule has 0 aliphatic carbocycles. The zero-order valence-corrected chi connectivity index (χ0v) is 62.3. The normalized spacial score (nSPS) is 11.2. The van der Waals surface area contributed by atoms with Crippen LogP contribution >= 0.6 is 15.9 Å². The Kier molecular flexibility index (Phi) is 19.4. The van der Waals surface area contributed by atoms with Crippen LogP contribution in [0, 0.1) is 0 Å². The lowest BCUT2D eigenvalue weighted by Crippen LogP contribution is -2.31. The summed E-state index contributed by atoms with van der Waals surface area (Å²) < 4.78 is 9.95. The Balaban J connectivity index is 0.000000129. The first-order chi connectivity index (χ1) is 55.4. The third-order valence-corrected chi connectivity index (χ3v) is 21.1. The van der Waals surface area contributed by atoms with Gasteiger partial charge in [-0.1, -0.05) is 344 Å². The number of halogens is 1. The first-order valence-corrected chi connectivity index (χ1v) is 38.1. The fraction of sp³-hybridized carbons (Fsp3) is 0. The van der Waals surface area contributed by atoms with E-state index < -0.39 is 7.12 Å². The van der Waals surface area contributed by atoms with Gasteiger partial charge in [0.25, 0.3) is 0 Å². The molecule has 4 heterocycles. The van der Waals surface area contributed by atoms with Gasteiger partial charge >= 0.3 is 7.12 Å². The molecule has 112 heavy (non-hydrogen) atoms. The van der Waals surface area contributed by atoms with Crippen molar-refractivity contribution in [3.05, 3.63) is 417 Å². The van der Waals surface area contributed by atoms with Gasteiger partial charge in [-0.2, -0.15) is 0 Å². The van der Waals surface area contributed by atoms with Crippen molar-refractivity contribution < 1.29 is 10.0 Å². The summed E-state index contributed by atoms with van der Waals surface area (Å²) in [4.78, 5) is 0. The molecular formula is C100H70BBrN8O2. The second-order valence-corrected chi connectivity index (χ2v) is 28.2. The second kappa shape index (κ2) is 31.2. The summed E-state index contributed by atoms with van der Waals surface area (Å²) in [6.07, 6.45) is 0. The Morgan fingerprint density at radius 2 is 0.429 bits per heavy atom. The van der Waals surface area contributed by atoms with E-state index in [1.54, 1.807) is 6.07 Å². The number of hydrogen-bond donors (Lipinski definition) is 2. The standard InChI is InChI=1S/C50H34N4.C30H22BNO2.C20H14BrN3/c1-3-15-37(16-4-1)49-51-52-50(54(49)39-17-5-2-6-18-39)38-29-27-35(28-30-38)41-19-7-9-21-43(41)44-22-10-8-20-42(44)36-31-33-40(34-32-36)53-47-25-13-11-23-45(47)46-24-12-14-26-48(46)53;33-31(34)28-14-6-3-11-25(28)24-10-2-1-9-23(24)21-17-19-22(20-18-21)32-29-15-7-4-12-26(29)27-13-5-8-16-30(27)32;21-17-13-11-16(12-14-17)20-23-22-19(15-7-3-1-4-8-15)24(20)18-9-5-2-6-10-18/h1-34H;1-20,33-34H;1-14H. The van der Waals surface area contributed by atoms with Crippen molar-refractivity contribution in [1.82, 2.24) is 38.7 Å². The van der Waals surface area contributed by atoms with Gasteiger partial charge in [-0.05, 0) is 146 Å². The maximum Gasteiger partial charge on any atom is 0.489 e. The molecule has 0 spiro atoms. The van der Waals surface area contributed by atoms with E-state index in [4.69, 9.17) is 5.10 Å². The molecule has 0 unspecified atom stereocenters. The van der Waals surface area contributed by atoms with Crippen LogP contribution in [-0.4, -0.2) is 55.8 Å². The van der Waals surface area contributed by atoms with Crippen LogP contribution in [-0.2, 0) is 0 Å². The maximum atomic E-state index is 9.90. The molecule has 16 aromatic carbocycles. The van der Waals surface area contributed by atoms with Crippen molar-refractivity contribution in [3.63, 3.8) is 0 Å². The van der Waals surface area contributed by atoms with E-state index >= 15 is 0 Å². The fourth-order valence-corrected chi connectivity index (χ4v) is 15.7. The van der Waals surface area contributed by atoms with Crippen molar-refractivity contribution in [1.29, 1.82) is 0 Å². The van der Waals surface area contributed by atoms with Crippen LogP contribution in [0.3, 0.4) is 0 Å². The van der Waals surface area contributed by atoms with Crippen molar-refractivity contribution in [2.24, 2.45) is 0 Å². The van der Waals surface area contributed by atoms with Crippen molar-refractivity contribution in [2.45, 2.75) is 0 Å². The van der Waals surface area contributed by atoms with Gasteiger partial charge in [-0.15, -0.1) is 20.4 Å². The minimum absolute atomic E-state index is 0.497. The van der Waals surface area contributed by atoms with E-state index in [1.165, 1.54) is 71.4 Å². The third-order valence-electron chi connectivity index (χ3n) is 20.6. The maximum absolute atomic E-state index is 9.90. The third kappa shape index (κ3) is 13.6. The number of hydrogen-bond acceptors (Lipinski definition) is 6. The molecule has 0 saturated heterocycles. The number of fused-ring (bicyclic) bond motifs is 6. The largest absolute Gasteiger partial charge is 0.489 e. The molecular weight excluding hydrogens is 1440 g/mol. The van der Waals surface area contributed by atoms with Crippen LogP contribution in [0.5, 0.6) is 0 Å². The highest BCUT2D eigenvalue weighted by atomic mass is 79.9. The smallest absolute Gasteiger partial charge is 0.423 e. The molecule has 0 saturated carbocycles. The fourth-order valence-electron chi connectivity index (χ4n) is 15.4. The second-order valence-electron chi connectivity index (χ2n) is 27.3. The van der Waals surface area contributed by atoms with Gasteiger partial charge in [0.05, 0.1) is 22.1 Å². The van der Waals surface area contributed by atoms with Crippen LogP contribution in [0.2, 0.25) is 0 Å². The molecule has 20 aromatic rings. The van der Waals surface area contributed by atoms with E-state index in [0.29, 0.717) is 5.46 Å². The van der Waals surface area contributed by atoms with Gasteiger partial charge in [-0.3, -0.25) is 9.13 Å². The zero-order valence-electron chi connectivity index (χ0n) is 60.7. The zero-order chi connectivity index (χ0) is 75.3. The highest BCUT2D eigenvalue weighted by Gasteiger charge is 2.23. The summed E-state index contributed by atoms with van der Waals surface area (Å²) in [6.45, 7) is 0. The Bertz CT molecular complexity index is 6600. The summed E-state index contributed by atoms with van der Waals surface area (Å²) in [6, 6.07) is 142. The lowest BCUT2D eigenvalue weighted by atomic mass is 9.74. The van der Waals surface area contributed by atoms with Gasteiger partial charge in [0, 0.05) is 71.0 Å². The summed E-state index contributed by atoms with van der Waals surface area (Å²) in [5.74, 6) is 3.27. The molecule has 0 radical (unpaired) electrons. The average molecular weight is 1510 g/mol. The van der Waals surface area contributed by atoms with Crippen molar-refractivity contribution in [2.75, 3.05) is 0 Å². The van der Waals surface area contributed by atoms with Gasteiger partial charge in [0.1, 0.15) is 0 Å². The molecule has 20 rings (SSSR count). The highest BCUT2D eigenvalue weighted by Crippen LogP contribution is 2.42. The molecule has 4 aromatic heterocycles. The molecule has 0 aliphatic rings. The summed E-state index contributed by atoms with van der Waals surface area (Å²) >= 11 is 3.48. The van der Waals surface area contributed by atoms with Gasteiger partial charge in [0.15, 0.2) is 23.3 Å². The van der Waals surface area contributed by atoms with Crippen molar-refractivity contribution >= 4 is 72.1 Å². The van der Waals surface area contributed by atoms with Crippen LogP contribution in [0.1, 0.15) is 0 Å². The Morgan fingerprint density at radius 3 is 0.768 bits per heavy atom. The quantitative estimate of drug-likeness (QED) is 0.105. The van der Waals surface area contributed by atoms with E-state index in [1.807, 2.05) is 133 Å². The first-order valence-electron chi connectivity index (χ1n) is 37.3. The lowest BCUT2D eigenvalue weighted by Gasteiger charge is -2.16.